The summed E-state index contributed by atoms with van der Waals surface area (Å²) in [5, 5.41) is 12.3. The van der Waals surface area contributed by atoms with Crippen molar-refractivity contribution < 1.29 is 4.79 Å². The molecule has 134 valence electrons. The van der Waals surface area contributed by atoms with Crippen LogP contribution in [0.5, 0.6) is 0 Å². The van der Waals surface area contributed by atoms with Gasteiger partial charge in [0, 0.05) is 11.5 Å². The Balaban J connectivity index is 1.67. The molecule has 1 atom stereocenters. The van der Waals surface area contributed by atoms with Crippen LogP contribution in [0.4, 0.5) is 5.13 Å². The van der Waals surface area contributed by atoms with Gasteiger partial charge in [-0.1, -0.05) is 36.9 Å². The number of rotatable bonds is 5. The molecular weight excluding hydrogens is 358 g/mol. The third-order valence-corrected chi connectivity index (χ3v) is 6.12. The van der Waals surface area contributed by atoms with Crippen LogP contribution in [0.2, 0.25) is 0 Å². The molecule has 2 heterocycles. The first-order valence-electron chi connectivity index (χ1n) is 8.37. The van der Waals surface area contributed by atoms with Crippen LogP contribution < -0.4 is 10.9 Å². The van der Waals surface area contributed by atoms with Crippen LogP contribution in [0.15, 0.2) is 9.95 Å². The van der Waals surface area contributed by atoms with Crippen molar-refractivity contribution in [2.45, 2.75) is 62.8 Å². The van der Waals surface area contributed by atoms with Crippen LogP contribution in [-0.2, 0) is 17.6 Å². The molecule has 0 unspecified atom stereocenters. The smallest absolute Gasteiger partial charge is 0.254 e. The maximum atomic E-state index is 12.4. The van der Waals surface area contributed by atoms with Gasteiger partial charge in [-0.05, 0) is 32.6 Å². The van der Waals surface area contributed by atoms with E-state index in [1.54, 1.807) is 6.92 Å². The lowest BCUT2D eigenvalue weighted by atomic mass is 9.97. The molecule has 0 aliphatic heterocycles. The van der Waals surface area contributed by atoms with E-state index in [-0.39, 0.29) is 17.4 Å². The molecule has 1 aliphatic rings. The maximum Gasteiger partial charge on any atom is 0.254 e. The minimum atomic E-state index is -0.406. The number of carbonyl (C=O) groups excluding carboxylic acids is 1. The molecule has 2 aromatic rings. The molecule has 0 bridgehead atoms. The number of aromatic amines is 1. The molecule has 3 rings (SSSR count). The van der Waals surface area contributed by atoms with Crippen LogP contribution >= 0.6 is 23.1 Å². The fourth-order valence-electron chi connectivity index (χ4n) is 2.58. The third kappa shape index (κ3) is 4.27. The molecule has 0 saturated carbocycles. The van der Waals surface area contributed by atoms with E-state index in [0.29, 0.717) is 10.3 Å². The van der Waals surface area contributed by atoms with Crippen LogP contribution in [0, 0.1) is 0 Å². The quantitative estimate of drug-likeness (QED) is 0.612. The van der Waals surface area contributed by atoms with Gasteiger partial charge < -0.3 is 4.98 Å². The van der Waals surface area contributed by atoms with Crippen LogP contribution in [0.3, 0.4) is 0 Å². The first kappa shape index (κ1) is 18.1. The summed E-state index contributed by atoms with van der Waals surface area (Å²) in [6.07, 6.45) is 3.70. The van der Waals surface area contributed by atoms with Crippen LogP contribution in [0.25, 0.3) is 0 Å². The molecule has 2 aromatic heterocycles. The number of carbonyl (C=O) groups is 1. The Morgan fingerprint density at radius 3 is 2.72 bits per heavy atom. The lowest BCUT2D eigenvalue weighted by molar-refractivity contribution is -0.115. The topological polar surface area (TPSA) is 101 Å². The molecule has 2 N–H and O–H groups in total. The average Bonchev–Trinajstić information content (AvgIpc) is 3.03. The minimum Gasteiger partial charge on any atom is -0.301 e. The monoisotopic (exact) mass is 379 g/mol. The third-order valence-electron chi connectivity index (χ3n) is 3.99. The molecule has 0 saturated heterocycles. The molecule has 25 heavy (non-hydrogen) atoms. The van der Waals surface area contributed by atoms with Crippen molar-refractivity contribution in [3.8, 4) is 0 Å². The zero-order valence-electron chi connectivity index (χ0n) is 14.5. The van der Waals surface area contributed by atoms with Crippen LogP contribution in [0.1, 0.15) is 55.8 Å². The summed E-state index contributed by atoms with van der Waals surface area (Å²) in [5.74, 6) is 0.0940. The van der Waals surface area contributed by atoms with Gasteiger partial charge in [0.2, 0.25) is 11.0 Å². The Bertz CT molecular complexity index is 830. The summed E-state index contributed by atoms with van der Waals surface area (Å²) in [6.45, 7) is 5.84. The Morgan fingerprint density at radius 2 is 2.00 bits per heavy atom. The van der Waals surface area contributed by atoms with Gasteiger partial charge in [-0.15, -0.1) is 10.2 Å². The lowest BCUT2D eigenvalue weighted by Gasteiger charge is -2.15. The van der Waals surface area contributed by atoms with E-state index in [0.717, 1.165) is 41.9 Å². The zero-order chi connectivity index (χ0) is 18.0. The highest BCUT2D eigenvalue weighted by Crippen LogP contribution is 2.25. The predicted molar refractivity (Wildman–Crippen MR) is 99.4 cm³/mol. The largest absolute Gasteiger partial charge is 0.301 e. The molecule has 0 spiro atoms. The van der Waals surface area contributed by atoms with Gasteiger partial charge in [0.1, 0.15) is 5.01 Å². The normalized spacial score (nSPS) is 15.0. The van der Waals surface area contributed by atoms with Crippen molar-refractivity contribution in [1.29, 1.82) is 0 Å². The number of aromatic nitrogens is 4. The second-order valence-corrected chi connectivity index (χ2v) is 8.69. The van der Waals surface area contributed by atoms with E-state index in [9.17, 15) is 9.59 Å². The van der Waals surface area contributed by atoms with Crippen molar-refractivity contribution >= 4 is 34.1 Å². The number of hydrogen-bond acceptors (Lipinski definition) is 7. The summed E-state index contributed by atoms with van der Waals surface area (Å²) in [5.41, 5.74) is 1.59. The molecular formula is C16H21N5O2S2. The number of H-pyrrole nitrogens is 1. The van der Waals surface area contributed by atoms with Crippen LogP contribution in [-0.4, -0.2) is 31.3 Å². The summed E-state index contributed by atoms with van der Waals surface area (Å²) in [6, 6.07) is 0. The molecule has 1 aliphatic carbocycles. The summed E-state index contributed by atoms with van der Waals surface area (Å²) in [7, 11) is 0. The summed E-state index contributed by atoms with van der Waals surface area (Å²) >= 11 is 2.63. The summed E-state index contributed by atoms with van der Waals surface area (Å²) < 4.78 is 0. The van der Waals surface area contributed by atoms with Crippen molar-refractivity contribution in [1.82, 2.24) is 20.2 Å². The fourth-order valence-corrected chi connectivity index (χ4v) is 4.15. The van der Waals surface area contributed by atoms with E-state index < -0.39 is 5.25 Å². The van der Waals surface area contributed by atoms with Crippen molar-refractivity contribution in [2.24, 2.45) is 0 Å². The number of thioether (sulfide) groups is 1. The lowest BCUT2D eigenvalue weighted by Crippen LogP contribution is -2.25. The van der Waals surface area contributed by atoms with Gasteiger partial charge in [0.05, 0.1) is 10.9 Å². The number of nitrogens with one attached hydrogen (secondary N) is 2. The Kier molecular flexibility index (Phi) is 5.53. The number of amides is 1. The van der Waals surface area contributed by atoms with Gasteiger partial charge >= 0.3 is 0 Å². The SMILES string of the molecule is CC(C)c1nnc(NC(=O)[C@@H](C)Sc2nc3c(c(=O)[nH]2)CCCC3)s1. The van der Waals surface area contributed by atoms with Crippen molar-refractivity contribution in [3.05, 3.63) is 26.6 Å². The molecule has 0 fully saturated rings. The maximum absolute atomic E-state index is 12.4. The molecule has 0 radical (unpaired) electrons. The van der Waals surface area contributed by atoms with E-state index in [4.69, 9.17) is 0 Å². The Labute approximate surface area is 154 Å². The molecule has 7 nitrogen and oxygen atoms in total. The molecule has 1 amide bonds. The number of aryl methyl sites for hydroxylation is 1. The van der Waals surface area contributed by atoms with Crippen molar-refractivity contribution in [3.63, 3.8) is 0 Å². The zero-order valence-corrected chi connectivity index (χ0v) is 16.1. The fraction of sp³-hybridized carbons (Fsp3) is 0.562. The average molecular weight is 380 g/mol. The highest BCUT2D eigenvalue weighted by molar-refractivity contribution is 8.00. The van der Waals surface area contributed by atoms with Gasteiger partial charge in [-0.3, -0.25) is 14.9 Å². The highest BCUT2D eigenvalue weighted by atomic mass is 32.2. The number of nitrogens with zero attached hydrogens (tertiary/aromatic N) is 3. The number of hydrogen-bond donors (Lipinski definition) is 2. The molecule has 9 heteroatoms. The minimum absolute atomic E-state index is 0.0782. The highest BCUT2D eigenvalue weighted by Gasteiger charge is 2.21. The van der Waals surface area contributed by atoms with E-state index in [1.807, 2.05) is 13.8 Å². The first-order valence-corrected chi connectivity index (χ1v) is 10.1. The van der Waals surface area contributed by atoms with Gasteiger partial charge in [0.15, 0.2) is 5.16 Å². The van der Waals surface area contributed by atoms with E-state index in [2.05, 4.69) is 25.5 Å². The predicted octanol–water partition coefficient (Wildman–Crippen LogP) is 2.74. The van der Waals surface area contributed by atoms with Gasteiger partial charge in [-0.25, -0.2) is 4.98 Å². The number of fused-ring (bicyclic) bond motifs is 1. The first-order chi connectivity index (χ1) is 11.9. The van der Waals surface area contributed by atoms with E-state index >= 15 is 0 Å². The second kappa shape index (κ2) is 7.65. The Hall–Kier alpha value is -1.74. The van der Waals surface area contributed by atoms with Gasteiger partial charge in [0.25, 0.3) is 5.56 Å². The van der Waals surface area contributed by atoms with Crippen molar-refractivity contribution in [2.75, 3.05) is 5.32 Å². The Morgan fingerprint density at radius 1 is 1.24 bits per heavy atom. The number of anilines is 1. The van der Waals surface area contributed by atoms with Gasteiger partial charge in [-0.2, -0.15) is 0 Å². The van der Waals surface area contributed by atoms with E-state index in [1.165, 1.54) is 23.1 Å². The second-order valence-electron chi connectivity index (χ2n) is 6.35. The standard InChI is InChI=1S/C16H21N5O2S2/c1-8(2)14-20-21-16(25-14)18-12(22)9(3)24-15-17-11-7-5-4-6-10(11)13(23)19-15/h8-9H,4-7H2,1-3H3,(H,17,19,23)(H,18,21,22)/t9-/m1/s1. The summed E-state index contributed by atoms with van der Waals surface area (Å²) in [4.78, 5) is 31.9. The molecule has 0 aromatic carbocycles.